The molecule has 0 spiro atoms. The van der Waals surface area contributed by atoms with Crippen LogP contribution in [0.3, 0.4) is 0 Å². The number of carbonyl (C=O) groups is 1. The Kier molecular flexibility index (Phi) is 2.32. The molecule has 0 radical (unpaired) electrons. The van der Waals surface area contributed by atoms with E-state index in [9.17, 15) is 4.79 Å². The summed E-state index contributed by atoms with van der Waals surface area (Å²) in [6.45, 7) is 3.84. The molecule has 2 heterocycles. The predicted octanol–water partition coefficient (Wildman–Crippen LogP) is 2.45. The molecule has 0 saturated carbocycles. The second-order valence-corrected chi connectivity index (χ2v) is 4.62. The number of carboxylic acids is 1. The van der Waals surface area contributed by atoms with Crippen LogP contribution in [0.5, 0.6) is 0 Å². The van der Waals surface area contributed by atoms with Gasteiger partial charge in [0.2, 0.25) is 0 Å². The Morgan fingerprint density at radius 2 is 2.27 bits per heavy atom. The molecule has 4 nitrogen and oxygen atoms in total. The van der Waals surface area contributed by atoms with Crippen molar-refractivity contribution in [3.63, 3.8) is 0 Å². The highest BCUT2D eigenvalue weighted by Gasteiger charge is 2.16. The minimum absolute atomic E-state index is 0.267. The van der Waals surface area contributed by atoms with E-state index in [1.54, 1.807) is 23.6 Å². The zero-order valence-electron chi connectivity index (χ0n) is 8.37. The van der Waals surface area contributed by atoms with Gasteiger partial charge >= 0.3 is 5.97 Å². The van der Waals surface area contributed by atoms with E-state index >= 15 is 0 Å². The first-order valence-corrected chi connectivity index (χ1v) is 5.26. The van der Waals surface area contributed by atoms with Crippen LogP contribution >= 0.6 is 11.3 Å². The quantitative estimate of drug-likeness (QED) is 0.820. The first-order chi connectivity index (χ1) is 7.09. The molecule has 0 fully saturated rings. The third-order valence-corrected chi connectivity index (χ3v) is 3.00. The molecule has 0 bridgehead atoms. The van der Waals surface area contributed by atoms with Crippen LogP contribution < -0.4 is 0 Å². The average Bonchev–Trinajstić information content (AvgIpc) is 2.71. The average molecular weight is 222 g/mol. The minimum atomic E-state index is -0.934. The van der Waals surface area contributed by atoms with Gasteiger partial charge in [-0.15, -0.1) is 11.3 Å². The molecular weight excluding hydrogens is 212 g/mol. The first-order valence-electron chi connectivity index (χ1n) is 4.44. The van der Waals surface area contributed by atoms with Crippen LogP contribution in [-0.2, 0) is 0 Å². The lowest BCUT2D eigenvalue weighted by molar-refractivity contribution is 0.0698. The molecule has 2 rings (SSSR count). The van der Waals surface area contributed by atoms with Gasteiger partial charge in [0.05, 0.1) is 16.3 Å². The van der Waals surface area contributed by atoms with Crippen LogP contribution in [0.1, 0.15) is 20.2 Å². The van der Waals surface area contributed by atoms with Gasteiger partial charge in [0.15, 0.2) is 0 Å². The van der Waals surface area contributed by atoms with E-state index in [0.717, 1.165) is 15.6 Å². The number of H-pyrrole nitrogens is 1. The van der Waals surface area contributed by atoms with Crippen LogP contribution in [-0.4, -0.2) is 21.0 Å². The summed E-state index contributed by atoms with van der Waals surface area (Å²) in [5.74, 6) is -0.934. The van der Waals surface area contributed by atoms with Crippen molar-refractivity contribution in [2.24, 2.45) is 0 Å². The van der Waals surface area contributed by atoms with E-state index in [1.807, 2.05) is 13.8 Å². The van der Waals surface area contributed by atoms with E-state index in [0.29, 0.717) is 5.69 Å². The van der Waals surface area contributed by atoms with Gasteiger partial charge in [-0.05, 0) is 19.9 Å². The summed E-state index contributed by atoms with van der Waals surface area (Å²) < 4.78 is 0. The fourth-order valence-electron chi connectivity index (χ4n) is 1.50. The standard InChI is InChI=1S/C10H10N2O2S/c1-5-8(12-6(2)15-5)9-7(10(13)14)3-4-11-9/h3-4,11H,1-2H3,(H,13,14). The fraction of sp³-hybridized carbons (Fsp3) is 0.200. The fourth-order valence-corrected chi connectivity index (χ4v) is 2.33. The minimum Gasteiger partial charge on any atom is -0.478 e. The Morgan fingerprint density at radius 1 is 1.53 bits per heavy atom. The van der Waals surface area contributed by atoms with Crippen LogP contribution in [0, 0.1) is 13.8 Å². The van der Waals surface area contributed by atoms with Gasteiger partial charge in [-0.25, -0.2) is 9.78 Å². The molecule has 0 unspecified atom stereocenters. The lowest BCUT2D eigenvalue weighted by atomic mass is 10.2. The van der Waals surface area contributed by atoms with E-state index in [1.165, 1.54) is 0 Å². The third kappa shape index (κ3) is 1.66. The third-order valence-electron chi connectivity index (χ3n) is 2.12. The van der Waals surface area contributed by atoms with Gasteiger partial charge in [0.1, 0.15) is 5.69 Å². The van der Waals surface area contributed by atoms with Crippen molar-refractivity contribution in [3.05, 3.63) is 27.7 Å². The maximum atomic E-state index is 10.9. The van der Waals surface area contributed by atoms with Crippen molar-refractivity contribution in [2.75, 3.05) is 0 Å². The number of carboxylic acid groups (broad SMARTS) is 1. The number of aryl methyl sites for hydroxylation is 2. The van der Waals surface area contributed by atoms with Crippen LogP contribution in [0.2, 0.25) is 0 Å². The monoisotopic (exact) mass is 222 g/mol. The Morgan fingerprint density at radius 3 is 2.80 bits per heavy atom. The second kappa shape index (κ2) is 3.51. The van der Waals surface area contributed by atoms with Crippen LogP contribution in [0.15, 0.2) is 12.3 Å². The summed E-state index contributed by atoms with van der Waals surface area (Å²) in [6.07, 6.45) is 1.62. The molecule has 0 aliphatic rings. The highest BCUT2D eigenvalue weighted by molar-refractivity contribution is 7.11. The topological polar surface area (TPSA) is 66.0 Å². The molecule has 5 heteroatoms. The lowest BCUT2D eigenvalue weighted by Gasteiger charge is -1.97. The number of rotatable bonds is 2. The number of thiazole rings is 1. The number of aromatic nitrogens is 2. The summed E-state index contributed by atoms with van der Waals surface area (Å²) in [5.41, 5.74) is 1.59. The van der Waals surface area contributed by atoms with E-state index in [2.05, 4.69) is 9.97 Å². The second-order valence-electron chi connectivity index (χ2n) is 3.21. The lowest BCUT2D eigenvalue weighted by Crippen LogP contribution is -1.97. The highest BCUT2D eigenvalue weighted by Crippen LogP contribution is 2.28. The Balaban J connectivity index is 2.58. The Bertz CT molecular complexity index is 513. The number of nitrogens with zero attached hydrogens (tertiary/aromatic N) is 1. The molecule has 15 heavy (non-hydrogen) atoms. The normalized spacial score (nSPS) is 10.5. The summed E-state index contributed by atoms with van der Waals surface area (Å²) in [7, 11) is 0. The van der Waals surface area contributed by atoms with Crippen molar-refractivity contribution in [1.29, 1.82) is 0 Å². The van der Waals surface area contributed by atoms with Crippen molar-refractivity contribution in [2.45, 2.75) is 13.8 Å². The van der Waals surface area contributed by atoms with Crippen molar-refractivity contribution in [1.82, 2.24) is 9.97 Å². The van der Waals surface area contributed by atoms with Crippen molar-refractivity contribution >= 4 is 17.3 Å². The molecule has 2 aromatic rings. The smallest absolute Gasteiger partial charge is 0.337 e. The van der Waals surface area contributed by atoms with E-state index in [-0.39, 0.29) is 5.56 Å². The number of nitrogens with one attached hydrogen (secondary N) is 1. The van der Waals surface area contributed by atoms with Gasteiger partial charge in [-0.1, -0.05) is 0 Å². The molecule has 0 aromatic carbocycles. The SMILES string of the molecule is Cc1nc(-c2[nH]ccc2C(=O)O)c(C)s1. The van der Waals surface area contributed by atoms with Crippen LogP contribution in [0.25, 0.3) is 11.4 Å². The number of hydrogen-bond acceptors (Lipinski definition) is 3. The van der Waals surface area contributed by atoms with Gasteiger partial charge in [-0.3, -0.25) is 0 Å². The van der Waals surface area contributed by atoms with Gasteiger partial charge in [0.25, 0.3) is 0 Å². The molecule has 78 valence electrons. The summed E-state index contributed by atoms with van der Waals surface area (Å²) in [5, 5.41) is 9.91. The zero-order chi connectivity index (χ0) is 11.0. The largest absolute Gasteiger partial charge is 0.478 e. The van der Waals surface area contributed by atoms with Gasteiger partial charge in [0, 0.05) is 11.1 Å². The molecule has 0 aliphatic carbocycles. The highest BCUT2D eigenvalue weighted by atomic mass is 32.1. The molecule has 0 amide bonds. The van der Waals surface area contributed by atoms with Crippen LogP contribution in [0.4, 0.5) is 0 Å². The number of aromatic amines is 1. The van der Waals surface area contributed by atoms with Crippen molar-refractivity contribution < 1.29 is 9.90 Å². The number of hydrogen-bond donors (Lipinski definition) is 2. The first kappa shape index (κ1) is 9.92. The maximum absolute atomic E-state index is 10.9. The van der Waals surface area contributed by atoms with E-state index in [4.69, 9.17) is 5.11 Å². The summed E-state index contributed by atoms with van der Waals surface area (Å²) >= 11 is 1.56. The predicted molar refractivity (Wildman–Crippen MR) is 58.3 cm³/mol. The van der Waals surface area contributed by atoms with Gasteiger partial charge < -0.3 is 10.1 Å². The van der Waals surface area contributed by atoms with E-state index < -0.39 is 5.97 Å². The molecule has 2 aromatic heterocycles. The molecule has 2 N–H and O–H groups in total. The summed E-state index contributed by atoms with van der Waals surface area (Å²) in [6, 6.07) is 1.55. The zero-order valence-corrected chi connectivity index (χ0v) is 9.18. The molecule has 0 saturated heterocycles. The summed E-state index contributed by atoms with van der Waals surface area (Å²) in [4.78, 5) is 19.2. The molecular formula is C10H10N2O2S. The Labute approximate surface area is 90.6 Å². The van der Waals surface area contributed by atoms with Gasteiger partial charge in [-0.2, -0.15) is 0 Å². The molecule has 0 atom stereocenters. The number of aromatic carboxylic acids is 1. The maximum Gasteiger partial charge on any atom is 0.337 e. The van der Waals surface area contributed by atoms with Crippen molar-refractivity contribution in [3.8, 4) is 11.4 Å². The molecule has 0 aliphatic heterocycles. The Hall–Kier alpha value is -1.62.